The molecular weight excluding hydrogens is 396 g/mol. The molecule has 0 aliphatic rings. The van der Waals surface area contributed by atoms with Gasteiger partial charge >= 0.3 is 0 Å². The molecular formula is C15H18Br2N4. The summed E-state index contributed by atoms with van der Waals surface area (Å²) in [6.07, 6.45) is 0. The molecule has 0 radical (unpaired) electrons. The number of halogens is 2. The van der Waals surface area contributed by atoms with E-state index in [2.05, 4.69) is 73.2 Å². The molecule has 1 aromatic carbocycles. The van der Waals surface area contributed by atoms with Crippen LogP contribution in [0, 0.1) is 0 Å². The number of para-hydroxylation sites is 1. The lowest BCUT2D eigenvalue weighted by Crippen LogP contribution is -2.17. The molecule has 0 unspecified atom stereocenters. The highest BCUT2D eigenvalue weighted by molar-refractivity contribution is 9.11. The van der Waals surface area contributed by atoms with Gasteiger partial charge in [-0.25, -0.2) is 9.97 Å². The lowest BCUT2D eigenvalue weighted by Gasteiger charge is -2.19. The first kappa shape index (κ1) is 16.2. The van der Waals surface area contributed by atoms with Gasteiger partial charge in [-0.1, -0.05) is 26.8 Å². The molecule has 0 atom stereocenters. The van der Waals surface area contributed by atoms with Crippen LogP contribution < -0.4 is 10.6 Å². The predicted octanol–water partition coefficient (Wildman–Crippen LogP) is 5.08. The van der Waals surface area contributed by atoms with Crippen LogP contribution in [-0.4, -0.2) is 17.0 Å². The van der Waals surface area contributed by atoms with E-state index in [9.17, 15) is 0 Å². The molecule has 0 saturated carbocycles. The van der Waals surface area contributed by atoms with E-state index < -0.39 is 0 Å². The highest BCUT2D eigenvalue weighted by atomic mass is 79.9. The van der Waals surface area contributed by atoms with Crippen LogP contribution in [0.15, 0.2) is 33.2 Å². The van der Waals surface area contributed by atoms with E-state index in [1.54, 1.807) is 0 Å². The van der Waals surface area contributed by atoms with Gasteiger partial charge < -0.3 is 10.6 Å². The molecule has 2 N–H and O–H groups in total. The molecule has 1 heterocycles. The van der Waals surface area contributed by atoms with Crippen LogP contribution >= 0.6 is 31.9 Å². The summed E-state index contributed by atoms with van der Waals surface area (Å²) in [7, 11) is 1.85. The Kier molecular flexibility index (Phi) is 4.88. The van der Waals surface area contributed by atoms with E-state index in [4.69, 9.17) is 0 Å². The quantitative estimate of drug-likeness (QED) is 0.736. The van der Waals surface area contributed by atoms with Crippen LogP contribution in [0.25, 0.3) is 0 Å². The summed E-state index contributed by atoms with van der Waals surface area (Å²) in [6.45, 7) is 6.29. The number of hydrogen-bond donors (Lipinski definition) is 2. The van der Waals surface area contributed by atoms with Gasteiger partial charge in [0.1, 0.15) is 17.5 Å². The van der Waals surface area contributed by atoms with Crippen molar-refractivity contribution in [1.29, 1.82) is 0 Å². The smallest absolute Gasteiger partial charge is 0.138 e. The maximum absolute atomic E-state index is 4.63. The minimum Gasteiger partial charge on any atom is -0.373 e. The number of rotatable bonds is 3. The molecule has 2 rings (SSSR count). The third kappa shape index (κ3) is 3.95. The number of nitrogens with zero attached hydrogens (tertiary/aromatic N) is 2. The zero-order chi connectivity index (χ0) is 15.6. The van der Waals surface area contributed by atoms with Gasteiger partial charge in [0, 0.05) is 27.5 Å². The molecule has 0 aliphatic carbocycles. The lowest BCUT2D eigenvalue weighted by molar-refractivity contribution is 0.547. The average Bonchev–Trinajstić information content (AvgIpc) is 2.42. The van der Waals surface area contributed by atoms with Crippen molar-refractivity contribution in [3.63, 3.8) is 0 Å². The van der Waals surface area contributed by atoms with Gasteiger partial charge in [-0.05, 0) is 44.0 Å². The molecule has 0 saturated heterocycles. The fourth-order valence-corrected chi connectivity index (χ4v) is 2.92. The van der Waals surface area contributed by atoms with Crippen LogP contribution in [0.5, 0.6) is 0 Å². The van der Waals surface area contributed by atoms with E-state index in [1.807, 2.05) is 31.3 Å². The van der Waals surface area contributed by atoms with Crippen molar-refractivity contribution in [3.05, 3.63) is 39.0 Å². The van der Waals surface area contributed by atoms with Gasteiger partial charge in [-0.15, -0.1) is 0 Å². The topological polar surface area (TPSA) is 49.8 Å². The molecule has 6 heteroatoms. The Morgan fingerprint density at radius 1 is 1.00 bits per heavy atom. The van der Waals surface area contributed by atoms with Crippen molar-refractivity contribution in [2.45, 2.75) is 26.2 Å². The van der Waals surface area contributed by atoms with E-state index in [-0.39, 0.29) is 5.41 Å². The minimum absolute atomic E-state index is 0.117. The Bertz CT molecular complexity index is 630. The maximum atomic E-state index is 4.63. The van der Waals surface area contributed by atoms with Gasteiger partial charge in [-0.3, -0.25) is 0 Å². The summed E-state index contributed by atoms with van der Waals surface area (Å²) in [4.78, 5) is 9.15. The zero-order valence-electron chi connectivity index (χ0n) is 12.5. The second-order valence-electron chi connectivity index (χ2n) is 5.68. The first-order valence-electron chi connectivity index (χ1n) is 6.59. The Morgan fingerprint density at radius 2 is 1.57 bits per heavy atom. The SMILES string of the molecule is CNc1cc(Nc2c(Br)cccc2Br)nc(C(C)(C)C)n1. The second kappa shape index (κ2) is 6.32. The van der Waals surface area contributed by atoms with Crippen molar-refractivity contribution < 1.29 is 0 Å². The van der Waals surface area contributed by atoms with Crippen molar-refractivity contribution >= 4 is 49.2 Å². The van der Waals surface area contributed by atoms with Gasteiger partial charge in [0.15, 0.2) is 0 Å². The highest BCUT2D eigenvalue weighted by Crippen LogP contribution is 2.33. The van der Waals surface area contributed by atoms with Gasteiger partial charge in [0.2, 0.25) is 0 Å². The minimum atomic E-state index is -0.117. The Labute approximate surface area is 142 Å². The number of anilines is 3. The summed E-state index contributed by atoms with van der Waals surface area (Å²) in [5.41, 5.74) is 0.826. The molecule has 0 amide bonds. The summed E-state index contributed by atoms with van der Waals surface area (Å²) in [5, 5.41) is 6.42. The Hall–Kier alpha value is -1.14. The largest absolute Gasteiger partial charge is 0.373 e. The standard InChI is InChI=1S/C15H18Br2N4/c1-15(2,3)14-20-11(18-4)8-12(21-14)19-13-9(16)6-5-7-10(13)17/h5-8H,1-4H3,(H2,18,19,20,21). The third-order valence-electron chi connectivity index (χ3n) is 2.87. The number of benzene rings is 1. The predicted molar refractivity (Wildman–Crippen MR) is 95.4 cm³/mol. The number of aromatic nitrogens is 2. The van der Waals surface area contributed by atoms with Crippen molar-refractivity contribution in [3.8, 4) is 0 Å². The molecule has 2 aromatic rings. The van der Waals surface area contributed by atoms with Gasteiger partial charge in [0.05, 0.1) is 5.69 Å². The first-order valence-corrected chi connectivity index (χ1v) is 8.18. The monoisotopic (exact) mass is 412 g/mol. The van der Waals surface area contributed by atoms with Crippen LogP contribution in [-0.2, 0) is 5.41 Å². The summed E-state index contributed by atoms with van der Waals surface area (Å²) in [6, 6.07) is 7.83. The van der Waals surface area contributed by atoms with E-state index in [1.165, 1.54) is 0 Å². The van der Waals surface area contributed by atoms with Gasteiger partial charge in [0.25, 0.3) is 0 Å². The molecule has 21 heavy (non-hydrogen) atoms. The van der Waals surface area contributed by atoms with E-state index in [0.717, 1.165) is 32.1 Å². The Morgan fingerprint density at radius 3 is 2.10 bits per heavy atom. The molecule has 4 nitrogen and oxygen atoms in total. The van der Waals surface area contributed by atoms with Crippen LogP contribution in [0.1, 0.15) is 26.6 Å². The van der Waals surface area contributed by atoms with E-state index >= 15 is 0 Å². The molecule has 0 aliphatic heterocycles. The summed E-state index contributed by atoms with van der Waals surface area (Å²) < 4.78 is 1.94. The Balaban J connectivity index is 2.45. The summed E-state index contributed by atoms with van der Waals surface area (Å²) >= 11 is 7.09. The molecule has 112 valence electrons. The van der Waals surface area contributed by atoms with Crippen molar-refractivity contribution in [2.24, 2.45) is 0 Å². The highest BCUT2D eigenvalue weighted by Gasteiger charge is 2.19. The average molecular weight is 414 g/mol. The number of nitrogens with one attached hydrogen (secondary N) is 2. The van der Waals surface area contributed by atoms with Gasteiger partial charge in [-0.2, -0.15) is 0 Å². The molecule has 0 spiro atoms. The van der Waals surface area contributed by atoms with Crippen molar-refractivity contribution in [2.75, 3.05) is 17.7 Å². The fraction of sp³-hybridized carbons (Fsp3) is 0.333. The fourth-order valence-electron chi connectivity index (χ4n) is 1.72. The molecule has 0 bridgehead atoms. The number of hydrogen-bond acceptors (Lipinski definition) is 4. The third-order valence-corrected chi connectivity index (χ3v) is 4.19. The second-order valence-corrected chi connectivity index (χ2v) is 7.39. The lowest BCUT2D eigenvalue weighted by atomic mass is 9.96. The zero-order valence-corrected chi connectivity index (χ0v) is 15.6. The van der Waals surface area contributed by atoms with Crippen molar-refractivity contribution in [1.82, 2.24) is 9.97 Å². The van der Waals surface area contributed by atoms with Crippen LogP contribution in [0.3, 0.4) is 0 Å². The first-order chi connectivity index (χ1) is 9.81. The molecule has 1 aromatic heterocycles. The van der Waals surface area contributed by atoms with E-state index in [0.29, 0.717) is 0 Å². The maximum Gasteiger partial charge on any atom is 0.138 e. The van der Waals surface area contributed by atoms with Crippen LogP contribution in [0.2, 0.25) is 0 Å². The normalized spacial score (nSPS) is 11.3. The molecule has 0 fully saturated rings. The van der Waals surface area contributed by atoms with Crippen LogP contribution in [0.4, 0.5) is 17.3 Å². The summed E-state index contributed by atoms with van der Waals surface area (Å²) in [5.74, 6) is 2.34.